The zero-order chi connectivity index (χ0) is 20.7. The van der Waals surface area contributed by atoms with Crippen molar-refractivity contribution in [1.29, 1.82) is 0 Å². The summed E-state index contributed by atoms with van der Waals surface area (Å²) in [4.78, 5) is 4.30. The zero-order valence-electron chi connectivity index (χ0n) is 18.0. The summed E-state index contributed by atoms with van der Waals surface area (Å²) in [6.07, 6.45) is 2.99. The van der Waals surface area contributed by atoms with Crippen LogP contribution in [0.1, 0.15) is 58.2 Å². The lowest BCUT2D eigenvalue weighted by Crippen LogP contribution is -2.43. The summed E-state index contributed by atoms with van der Waals surface area (Å²) in [5.41, 5.74) is 2.43. The van der Waals surface area contributed by atoms with Gasteiger partial charge >= 0.3 is 0 Å². The van der Waals surface area contributed by atoms with Gasteiger partial charge in [-0.05, 0) is 42.2 Å². The molecular formula is C21H37N3O2S. The lowest BCUT2D eigenvalue weighted by atomic mass is 9.90. The Morgan fingerprint density at radius 3 is 2.22 bits per heavy atom. The average Bonchev–Trinajstić information content (AvgIpc) is 2.56. The van der Waals surface area contributed by atoms with Crippen molar-refractivity contribution in [3.05, 3.63) is 35.4 Å². The normalized spacial score (nSPS) is 14.3. The molecule has 1 aromatic rings. The fourth-order valence-electron chi connectivity index (χ4n) is 2.77. The molecule has 0 saturated carbocycles. The van der Waals surface area contributed by atoms with Crippen molar-refractivity contribution in [2.24, 2.45) is 16.3 Å². The molecule has 1 aromatic carbocycles. The van der Waals surface area contributed by atoms with Crippen molar-refractivity contribution in [2.75, 3.05) is 25.6 Å². The standard InChI is InChI=1S/C21H37N3O2S/c1-16(2)14-18-8-10-19(11-9-18)17(3)24-20(22-6)23-15-21(4,5)12-13-27(7,25)26/h8-11,16-17H,12-15H2,1-7H3,(H2,22,23,24). The van der Waals surface area contributed by atoms with Gasteiger partial charge in [-0.3, -0.25) is 4.99 Å². The smallest absolute Gasteiger partial charge is 0.191 e. The summed E-state index contributed by atoms with van der Waals surface area (Å²) in [5, 5.41) is 6.74. The van der Waals surface area contributed by atoms with Crippen LogP contribution in [0.5, 0.6) is 0 Å². The molecule has 154 valence electrons. The minimum atomic E-state index is -2.94. The number of hydrogen-bond acceptors (Lipinski definition) is 3. The second kappa shape index (κ2) is 10.1. The number of benzene rings is 1. The second-order valence-corrected chi connectivity index (χ2v) is 10.9. The average molecular weight is 396 g/mol. The monoisotopic (exact) mass is 395 g/mol. The maximum atomic E-state index is 11.4. The van der Waals surface area contributed by atoms with Crippen LogP contribution in [0.15, 0.2) is 29.3 Å². The predicted octanol–water partition coefficient (Wildman–Crippen LogP) is 3.57. The first-order valence-electron chi connectivity index (χ1n) is 9.65. The fraction of sp³-hybridized carbons (Fsp3) is 0.667. The van der Waals surface area contributed by atoms with Crippen molar-refractivity contribution in [1.82, 2.24) is 10.6 Å². The third kappa shape index (κ3) is 9.80. The van der Waals surface area contributed by atoms with E-state index in [-0.39, 0.29) is 17.2 Å². The van der Waals surface area contributed by atoms with Crippen LogP contribution in [0.2, 0.25) is 0 Å². The van der Waals surface area contributed by atoms with Gasteiger partial charge in [0.05, 0.1) is 11.8 Å². The Bertz CT molecular complexity index is 707. The van der Waals surface area contributed by atoms with E-state index in [1.54, 1.807) is 7.05 Å². The van der Waals surface area contributed by atoms with Crippen LogP contribution >= 0.6 is 0 Å². The van der Waals surface area contributed by atoms with Crippen molar-refractivity contribution in [3.63, 3.8) is 0 Å². The van der Waals surface area contributed by atoms with Gasteiger partial charge in [-0.25, -0.2) is 8.42 Å². The molecule has 0 aliphatic carbocycles. The van der Waals surface area contributed by atoms with E-state index >= 15 is 0 Å². The Morgan fingerprint density at radius 2 is 1.74 bits per heavy atom. The Kier molecular flexibility index (Phi) is 8.79. The Balaban J connectivity index is 2.59. The summed E-state index contributed by atoms with van der Waals surface area (Å²) >= 11 is 0. The quantitative estimate of drug-likeness (QED) is 0.495. The molecule has 0 amide bonds. The molecule has 0 radical (unpaired) electrons. The molecular weight excluding hydrogens is 358 g/mol. The summed E-state index contributed by atoms with van der Waals surface area (Å²) in [6, 6.07) is 8.84. The van der Waals surface area contributed by atoms with Crippen LogP contribution in [0, 0.1) is 11.3 Å². The van der Waals surface area contributed by atoms with E-state index in [4.69, 9.17) is 0 Å². The molecule has 0 heterocycles. The van der Waals surface area contributed by atoms with E-state index in [2.05, 4.69) is 74.5 Å². The van der Waals surface area contributed by atoms with Gasteiger partial charge in [0.2, 0.25) is 0 Å². The molecule has 27 heavy (non-hydrogen) atoms. The summed E-state index contributed by atoms with van der Waals surface area (Å²) in [6.45, 7) is 11.3. The van der Waals surface area contributed by atoms with Crippen LogP contribution < -0.4 is 10.6 Å². The summed E-state index contributed by atoms with van der Waals surface area (Å²) in [5.74, 6) is 1.58. The minimum Gasteiger partial charge on any atom is -0.356 e. The number of nitrogens with one attached hydrogen (secondary N) is 2. The SMILES string of the molecule is CN=C(NCC(C)(C)CCS(C)(=O)=O)NC(C)c1ccc(CC(C)C)cc1. The molecule has 6 heteroatoms. The molecule has 0 aliphatic rings. The van der Waals surface area contributed by atoms with Crippen LogP contribution in [0.4, 0.5) is 0 Å². The summed E-state index contributed by atoms with van der Waals surface area (Å²) in [7, 11) is -1.19. The first-order valence-corrected chi connectivity index (χ1v) is 11.7. The van der Waals surface area contributed by atoms with Crippen molar-refractivity contribution >= 4 is 15.8 Å². The first kappa shape index (κ1) is 23.5. The molecule has 0 aliphatic heterocycles. The Morgan fingerprint density at radius 1 is 1.15 bits per heavy atom. The highest BCUT2D eigenvalue weighted by Gasteiger charge is 2.21. The Hall–Kier alpha value is -1.56. The van der Waals surface area contributed by atoms with Gasteiger partial charge in [0, 0.05) is 19.8 Å². The van der Waals surface area contributed by atoms with Crippen molar-refractivity contribution < 1.29 is 8.42 Å². The van der Waals surface area contributed by atoms with E-state index in [1.807, 2.05) is 0 Å². The molecule has 5 nitrogen and oxygen atoms in total. The maximum absolute atomic E-state index is 11.4. The van der Waals surface area contributed by atoms with Gasteiger partial charge in [0.15, 0.2) is 5.96 Å². The molecule has 0 aromatic heterocycles. The van der Waals surface area contributed by atoms with Crippen LogP contribution in [-0.2, 0) is 16.3 Å². The van der Waals surface area contributed by atoms with Crippen molar-refractivity contribution in [2.45, 2.75) is 53.5 Å². The fourth-order valence-corrected chi connectivity index (χ4v) is 3.69. The number of rotatable bonds is 9. The molecule has 0 saturated heterocycles. The van der Waals surface area contributed by atoms with Gasteiger partial charge in [-0.15, -0.1) is 0 Å². The topological polar surface area (TPSA) is 70.6 Å². The molecule has 0 spiro atoms. The van der Waals surface area contributed by atoms with E-state index in [0.717, 1.165) is 12.4 Å². The highest BCUT2D eigenvalue weighted by atomic mass is 32.2. The first-order chi connectivity index (χ1) is 12.4. The molecule has 1 unspecified atom stereocenters. The number of hydrogen-bond donors (Lipinski definition) is 2. The van der Waals surface area contributed by atoms with Crippen molar-refractivity contribution in [3.8, 4) is 0 Å². The third-order valence-corrected chi connectivity index (χ3v) is 5.53. The second-order valence-electron chi connectivity index (χ2n) is 8.68. The van der Waals surface area contributed by atoms with E-state index in [9.17, 15) is 8.42 Å². The highest BCUT2D eigenvalue weighted by Crippen LogP contribution is 2.20. The number of guanidine groups is 1. The van der Waals surface area contributed by atoms with Gasteiger partial charge in [0.25, 0.3) is 0 Å². The number of aliphatic imine (C=N–C) groups is 1. The number of nitrogens with zero attached hydrogens (tertiary/aromatic N) is 1. The van der Waals surface area contributed by atoms with Gasteiger partial charge in [-0.1, -0.05) is 52.0 Å². The van der Waals surface area contributed by atoms with Crippen LogP contribution in [0.25, 0.3) is 0 Å². The van der Waals surface area contributed by atoms with Crippen LogP contribution in [0.3, 0.4) is 0 Å². The zero-order valence-corrected chi connectivity index (χ0v) is 18.8. The van der Waals surface area contributed by atoms with Gasteiger partial charge in [0.1, 0.15) is 9.84 Å². The highest BCUT2D eigenvalue weighted by molar-refractivity contribution is 7.90. The molecule has 0 bridgehead atoms. The van der Waals surface area contributed by atoms with Crippen LogP contribution in [-0.4, -0.2) is 40.0 Å². The minimum absolute atomic E-state index is 0.128. The van der Waals surface area contributed by atoms with E-state index in [1.165, 1.54) is 17.4 Å². The lowest BCUT2D eigenvalue weighted by molar-refractivity contribution is 0.348. The predicted molar refractivity (Wildman–Crippen MR) is 116 cm³/mol. The third-order valence-electron chi connectivity index (χ3n) is 4.58. The lowest BCUT2D eigenvalue weighted by Gasteiger charge is -2.27. The van der Waals surface area contributed by atoms with E-state index in [0.29, 0.717) is 18.9 Å². The molecule has 1 rings (SSSR count). The molecule has 0 fully saturated rings. The number of sulfone groups is 1. The molecule has 1 atom stereocenters. The maximum Gasteiger partial charge on any atom is 0.191 e. The van der Waals surface area contributed by atoms with E-state index < -0.39 is 9.84 Å². The molecule has 2 N–H and O–H groups in total. The largest absolute Gasteiger partial charge is 0.356 e. The Labute approximate surface area is 166 Å². The van der Waals surface area contributed by atoms with Gasteiger partial charge < -0.3 is 10.6 Å². The summed E-state index contributed by atoms with van der Waals surface area (Å²) < 4.78 is 22.8. The van der Waals surface area contributed by atoms with Gasteiger partial charge in [-0.2, -0.15) is 0 Å².